The quantitative estimate of drug-likeness (QED) is 0.462. The number of halogens is 2. The minimum atomic E-state index is -0.479. The van der Waals surface area contributed by atoms with Crippen molar-refractivity contribution in [3.63, 3.8) is 0 Å². The molecule has 0 aliphatic carbocycles. The van der Waals surface area contributed by atoms with E-state index in [2.05, 4.69) is 0 Å². The maximum absolute atomic E-state index is 11.0. The van der Waals surface area contributed by atoms with Crippen molar-refractivity contribution in [3.05, 3.63) is 68.7 Å². The van der Waals surface area contributed by atoms with Crippen molar-refractivity contribution in [2.24, 2.45) is 0 Å². The SMILES string of the molecule is O=[N+]([O-])c1cc(CCl)ccc1OCc1ccc(Cl)cc1. The van der Waals surface area contributed by atoms with Crippen molar-refractivity contribution in [1.29, 1.82) is 0 Å². The summed E-state index contributed by atoms with van der Waals surface area (Å²) in [5.74, 6) is 0.442. The Morgan fingerprint density at radius 1 is 1.10 bits per heavy atom. The largest absolute Gasteiger partial charge is 0.482 e. The van der Waals surface area contributed by atoms with E-state index in [4.69, 9.17) is 27.9 Å². The van der Waals surface area contributed by atoms with Crippen LogP contribution in [0.4, 0.5) is 5.69 Å². The lowest BCUT2D eigenvalue weighted by atomic mass is 10.2. The Morgan fingerprint density at radius 3 is 2.35 bits per heavy atom. The van der Waals surface area contributed by atoms with Crippen LogP contribution >= 0.6 is 23.2 Å². The van der Waals surface area contributed by atoms with E-state index in [1.54, 1.807) is 36.4 Å². The van der Waals surface area contributed by atoms with Crippen molar-refractivity contribution in [3.8, 4) is 5.75 Å². The molecule has 0 aromatic heterocycles. The van der Waals surface area contributed by atoms with Gasteiger partial charge in [-0.3, -0.25) is 10.1 Å². The van der Waals surface area contributed by atoms with Gasteiger partial charge < -0.3 is 4.74 Å². The molecule has 0 heterocycles. The van der Waals surface area contributed by atoms with Gasteiger partial charge in [-0.25, -0.2) is 0 Å². The number of alkyl halides is 1. The summed E-state index contributed by atoms with van der Waals surface area (Å²) in [6, 6.07) is 11.8. The van der Waals surface area contributed by atoms with E-state index in [1.807, 2.05) is 0 Å². The van der Waals surface area contributed by atoms with Crippen LogP contribution < -0.4 is 4.74 Å². The molecule has 0 saturated heterocycles. The zero-order valence-electron chi connectivity index (χ0n) is 10.4. The third kappa shape index (κ3) is 3.62. The molecule has 0 unspecified atom stereocenters. The molecule has 20 heavy (non-hydrogen) atoms. The highest BCUT2D eigenvalue weighted by Gasteiger charge is 2.15. The number of rotatable bonds is 5. The number of nitro groups is 1. The van der Waals surface area contributed by atoms with Crippen molar-refractivity contribution < 1.29 is 9.66 Å². The van der Waals surface area contributed by atoms with E-state index in [9.17, 15) is 10.1 Å². The second-order valence-corrected chi connectivity index (χ2v) is 4.81. The monoisotopic (exact) mass is 311 g/mol. The average Bonchev–Trinajstić information content (AvgIpc) is 2.46. The molecule has 104 valence electrons. The van der Waals surface area contributed by atoms with Crippen molar-refractivity contribution in [1.82, 2.24) is 0 Å². The summed E-state index contributed by atoms with van der Waals surface area (Å²) < 4.78 is 5.50. The third-order valence-corrected chi connectivity index (χ3v) is 3.24. The molecule has 0 bridgehead atoms. The van der Waals surface area contributed by atoms with E-state index in [0.717, 1.165) is 5.56 Å². The highest BCUT2D eigenvalue weighted by molar-refractivity contribution is 6.30. The number of ether oxygens (including phenoxy) is 1. The molecule has 0 N–H and O–H groups in total. The van der Waals surface area contributed by atoms with Gasteiger partial charge in [0.25, 0.3) is 0 Å². The lowest BCUT2D eigenvalue weighted by Crippen LogP contribution is -1.99. The maximum Gasteiger partial charge on any atom is 0.311 e. The normalized spacial score (nSPS) is 10.3. The minimum absolute atomic E-state index is 0.0860. The Kier molecular flexibility index (Phi) is 4.82. The predicted octanol–water partition coefficient (Wildman–Crippen LogP) is 4.57. The van der Waals surface area contributed by atoms with Gasteiger partial charge in [0.15, 0.2) is 5.75 Å². The van der Waals surface area contributed by atoms with Crippen LogP contribution in [0.25, 0.3) is 0 Å². The molecular weight excluding hydrogens is 301 g/mol. The Bertz CT molecular complexity index is 614. The number of nitrogens with zero attached hydrogens (tertiary/aromatic N) is 1. The van der Waals surface area contributed by atoms with Crippen LogP contribution in [-0.2, 0) is 12.5 Å². The molecule has 2 aromatic rings. The fourth-order valence-electron chi connectivity index (χ4n) is 1.65. The predicted molar refractivity (Wildman–Crippen MR) is 78.4 cm³/mol. The van der Waals surface area contributed by atoms with Crippen molar-refractivity contribution in [2.45, 2.75) is 12.5 Å². The zero-order chi connectivity index (χ0) is 14.5. The van der Waals surface area contributed by atoms with Crippen LogP contribution in [0.15, 0.2) is 42.5 Å². The molecule has 0 spiro atoms. The van der Waals surface area contributed by atoms with Crippen LogP contribution in [0.1, 0.15) is 11.1 Å². The first-order valence-corrected chi connectivity index (χ1v) is 6.72. The summed E-state index contributed by atoms with van der Waals surface area (Å²) in [6.45, 7) is 0.234. The molecule has 0 aliphatic heterocycles. The fourth-order valence-corrected chi connectivity index (χ4v) is 1.94. The fraction of sp³-hybridized carbons (Fsp3) is 0.143. The molecular formula is C14H11Cl2NO3. The summed E-state index contributed by atoms with van der Waals surface area (Å²) in [5, 5.41) is 11.6. The maximum atomic E-state index is 11.0. The molecule has 0 saturated carbocycles. The van der Waals surface area contributed by atoms with Gasteiger partial charge in [0.1, 0.15) is 6.61 Å². The van der Waals surface area contributed by atoms with Crippen LogP contribution in [0.3, 0.4) is 0 Å². The molecule has 0 fully saturated rings. The first kappa shape index (κ1) is 14.6. The summed E-state index contributed by atoms with van der Waals surface area (Å²) in [6.07, 6.45) is 0. The minimum Gasteiger partial charge on any atom is -0.482 e. The summed E-state index contributed by atoms with van der Waals surface area (Å²) >= 11 is 11.5. The van der Waals surface area contributed by atoms with E-state index < -0.39 is 4.92 Å². The van der Waals surface area contributed by atoms with Crippen LogP contribution in [0.5, 0.6) is 5.75 Å². The van der Waals surface area contributed by atoms with Crippen LogP contribution in [0, 0.1) is 10.1 Å². The van der Waals surface area contributed by atoms with Gasteiger partial charge >= 0.3 is 5.69 Å². The molecule has 0 radical (unpaired) electrons. The molecule has 0 aliphatic rings. The first-order valence-electron chi connectivity index (χ1n) is 5.80. The third-order valence-electron chi connectivity index (χ3n) is 2.68. The van der Waals surface area contributed by atoms with E-state index in [0.29, 0.717) is 10.6 Å². The highest BCUT2D eigenvalue weighted by atomic mass is 35.5. The molecule has 0 atom stereocenters. The average molecular weight is 312 g/mol. The van der Waals surface area contributed by atoms with Gasteiger partial charge in [-0.05, 0) is 29.3 Å². The highest BCUT2D eigenvalue weighted by Crippen LogP contribution is 2.29. The van der Waals surface area contributed by atoms with E-state index >= 15 is 0 Å². The second-order valence-electron chi connectivity index (χ2n) is 4.11. The smallest absolute Gasteiger partial charge is 0.311 e. The molecule has 2 aromatic carbocycles. The number of nitro benzene ring substituents is 1. The van der Waals surface area contributed by atoms with Gasteiger partial charge in [0.2, 0.25) is 0 Å². The van der Waals surface area contributed by atoms with Gasteiger partial charge in [-0.15, -0.1) is 11.6 Å². The lowest BCUT2D eigenvalue weighted by molar-refractivity contribution is -0.386. The van der Waals surface area contributed by atoms with Crippen LogP contribution in [-0.4, -0.2) is 4.92 Å². The van der Waals surface area contributed by atoms with E-state index in [1.165, 1.54) is 6.07 Å². The number of hydrogen-bond acceptors (Lipinski definition) is 3. The Hall–Kier alpha value is -1.78. The number of benzene rings is 2. The molecule has 2 rings (SSSR count). The summed E-state index contributed by atoms with van der Waals surface area (Å²) in [4.78, 5) is 10.5. The Morgan fingerprint density at radius 2 is 1.75 bits per heavy atom. The lowest BCUT2D eigenvalue weighted by Gasteiger charge is -2.08. The van der Waals surface area contributed by atoms with Gasteiger partial charge in [-0.1, -0.05) is 29.8 Å². The van der Waals surface area contributed by atoms with Gasteiger partial charge in [0, 0.05) is 17.0 Å². The summed E-state index contributed by atoms with van der Waals surface area (Å²) in [7, 11) is 0. The topological polar surface area (TPSA) is 52.4 Å². The molecule has 6 heteroatoms. The Labute approximate surface area is 126 Å². The molecule has 4 nitrogen and oxygen atoms in total. The first-order chi connectivity index (χ1) is 9.60. The van der Waals surface area contributed by atoms with Gasteiger partial charge in [0.05, 0.1) is 4.92 Å². The zero-order valence-corrected chi connectivity index (χ0v) is 11.9. The molecule has 0 amide bonds. The standard InChI is InChI=1S/C14H11Cl2NO3/c15-8-11-3-6-14(13(7-11)17(18)19)20-9-10-1-4-12(16)5-2-10/h1-7H,8-9H2. The van der Waals surface area contributed by atoms with Crippen molar-refractivity contribution in [2.75, 3.05) is 0 Å². The van der Waals surface area contributed by atoms with E-state index in [-0.39, 0.29) is 23.9 Å². The van der Waals surface area contributed by atoms with Gasteiger partial charge in [-0.2, -0.15) is 0 Å². The van der Waals surface area contributed by atoms with Crippen molar-refractivity contribution >= 4 is 28.9 Å². The summed E-state index contributed by atoms with van der Waals surface area (Å²) in [5.41, 5.74) is 1.47. The second kappa shape index (κ2) is 6.59. The number of hydrogen-bond donors (Lipinski definition) is 0. The van der Waals surface area contributed by atoms with Crippen LogP contribution in [0.2, 0.25) is 5.02 Å². The Balaban J connectivity index is 2.16.